The number of carbonyl (C=O) groups is 2. The molecule has 3 rings (SSSR count). The van der Waals surface area contributed by atoms with Gasteiger partial charge in [0.15, 0.2) is 0 Å². The number of hydrogen-bond acceptors (Lipinski definition) is 5. The summed E-state index contributed by atoms with van der Waals surface area (Å²) in [6, 6.07) is 9.07. The number of benzene rings is 1. The van der Waals surface area contributed by atoms with Gasteiger partial charge in [0, 0.05) is 0 Å². The molecule has 1 saturated carbocycles. The highest BCUT2D eigenvalue weighted by Crippen LogP contribution is 2.48. The number of nitriles is 1. The second-order valence-corrected chi connectivity index (χ2v) is 5.21. The fourth-order valence-electron chi connectivity index (χ4n) is 2.44. The molecule has 0 unspecified atom stereocenters. The Morgan fingerprint density at radius 1 is 1.43 bits per heavy atom. The Balaban J connectivity index is 1.97. The van der Waals surface area contributed by atoms with Gasteiger partial charge in [0.05, 0.1) is 25.4 Å². The number of amides is 1. The summed E-state index contributed by atoms with van der Waals surface area (Å²) >= 11 is 0. The van der Waals surface area contributed by atoms with Crippen molar-refractivity contribution in [3.05, 3.63) is 24.3 Å². The van der Waals surface area contributed by atoms with E-state index in [0.717, 1.165) is 0 Å². The van der Waals surface area contributed by atoms with Crippen LogP contribution in [0.1, 0.15) is 12.8 Å². The third-order valence-corrected chi connectivity index (χ3v) is 3.86. The molecule has 0 aromatic heterocycles. The van der Waals surface area contributed by atoms with Crippen molar-refractivity contribution in [3.63, 3.8) is 0 Å². The molecule has 1 heterocycles. The van der Waals surface area contributed by atoms with E-state index >= 15 is 0 Å². The van der Waals surface area contributed by atoms with Crippen molar-refractivity contribution in [2.45, 2.75) is 18.9 Å². The van der Waals surface area contributed by atoms with Gasteiger partial charge in [0.2, 0.25) is 12.0 Å². The maximum Gasteiger partial charge on any atom is 0.348 e. The van der Waals surface area contributed by atoms with Crippen LogP contribution in [0.15, 0.2) is 24.3 Å². The molecule has 6 heteroatoms. The molecule has 0 saturated heterocycles. The molecule has 0 bridgehead atoms. The highest BCUT2D eigenvalue weighted by Gasteiger charge is 2.54. The smallest absolute Gasteiger partial charge is 0.348 e. The van der Waals surface area contributed by atoms with Crippen molar-refractivity contribution >= 4 is 17.6 Å². The molecule has 1 atom stereocenters. The van der Waals surface area contributed by atoms with Crippen LogP contribution in [0, 0.1) is 16.7 Å². The number of para-hydroxylation sites is 2. The lowest BCUT2D eigenvalue weighted by Crippen LogP contribution is -2.49. The molecule has 1 aliphatic heterocycles. The van der Waals surface area contributed by atoms with E-state index < -0.39 is 17.5 Å². The van der Waals surface area contributed by atoms with Crippen molar-refractivity contribution in [2.75, 3.05) is 18.6 Å². The van der Waals surface area contributed by atoms with Crippen molar-refractivity contribution in [1.82, 2.24) is 0 Å². The summed E-state index contributed by atoms with van der Waals surface area (Å²) in [6.45, 7) is 0.0615. The molecule has 0 spiro atoms. The van der Waals surface area contributed by atoms with Crippen LogP contribution in [0.25, 0.3) is 0 Å². The molecule has 1 amide bonds. The summed E-state index contributed by atoms with van der Waals surface area (Å²) in [4.78, 5) is 25.8. The largest absolute Gasteiger partial charge is 0.475 e. The number of esters is 1. The van der Waals surface area contributed by atoms with E-state index in [0.29, 0.717) is 24.3 Å². The van der Waals surface area contributed by atoms with Crippen LogP contribution < -0.4 is 9.64 Å². The van der Waals surface area contributed by atoms with Gasteiger partial charge in [0.25, 0.3) is 0 Å². The van der Waals surface area contributed by atoms with E-state index in [4.69, 9.17) is 9.47 Å². The zero-order chi connectivity index (χ0) is 15.0. The Kier molecular flexibility index (Phi) is 3.05. The van der Waals surface area contributed by atoms with Gasteiger partial charge in [-0.25, -0.2) is 4.79 Å². The van der Waals surface area contributed by atoms with Gasteiger partial charge in [-0.2, -0.15) is 5.26 Å². The number of methoxy groups -OCH3 is 1. The second-order valence-electron chi connectivity index (χ2n) is 5.21. The molecule has 1 aliphatic carbocycles. The van der Waals surface area contributed by atoms with Crippen LogP contribution in [0.2, 0.25) is 0 Å². The van der Waals surface area contributed by atoms with Gasteiger partial charge in [-0.1, -0.05) is 12.1 Å². The monoisotopic (exact) mass is 286 g/mol. The lowest BCUT2D eigenvalue weighted by atomic mass is 10.1. The van der Waals surface area contributed by atoms with E-state index in [1.165, 1.54) is 12.0 Å². The first-order valence-electron chi connectivity index (χ1n) is 6.68. The third kappa shape index (κ3) is 2.11. The van der Waals surface area contributed by atoms with Gasteiger partial charge in [-0.15, -0.1) is 0 Å². The number of carbonyl (C=O) groups excluding carboxylic acids is 2. The number of ether oxygens (including phenoxy) is 2. The Morgan fingerprint density at radius 3 is 2.76 bits per heavy atom. The molecule has 2 aliphatic rings. The summed E-state index contributed by atoms with van der Waals surface area (Å²) < 4.78 is 10.3. The highest BCUT2D eigenvalue weighted by molar-refractivity contribution is 6.03. The predicted octanol–water partition coefficient (Wildman–Crippen LogP) is 1.26. The summed E-state index contributed by atoms with van der Waals surface area (Å²) in [5.41, 5.74) is -0.352. The SMILES string of the molecule is COC(=O)[C@H]1CN(C(=O)C2(C#N)CC2)c2ccccc2O1. The molecule has 1 fully saturated rings. The highest BCUT2D eigenvalue weighted by atomic mass is 16.6. The molecular formula is C15H14N2O4. The number of anilines is 1. The topological polar surface area (TPSA) is 79.6 Å². The Bertz CT molecular complexity index is 645. The minimum atomic E-state index is -0.939. The maximum atomic E-state index is 12.6. The van der Waals surface area contributed by atoms with Gasteiger partial charge >= 0.3 is 5.97 Å². The molecule has 0 radical (unpaired) electrons. The van der Waals surface area contributed by atoms with Gasteiger partial charge in [-0.3, -0.25) is 4.79 Å². The average Bonchev–Trinajstić information content (AvgIpc) is 3.33. The fourth-order valence-corrected chi connectivity index (χ4v) is 2.44. The molecule has 1 aromatic rings. The lowest BCUT2D eigenvalue weighted by molar-refractivity contribution is -0.148. The van der Waals surface area contributed by atoms with E-state index in [1.54, 1.807) is 24.3 Å². The van der Waals surface area contributed by atoms with E-state index in [2.05, 4.69) is 6.07 Å². The number of hydrogen-bond donors (Lipinski definition) is 0. The zero-order valence-corrected chi connectivity index (χ0v) is 11.5. The summed E-state index contributed by atoms with van der Waals surface area (Å²) in [5.74, 6) is -0.361. The zero-order valence-electron chi connectivity index (χ0n) is 11.5. The van der Waals surface area contributed by atoms with Gasteiger partial charge in [0.1, 0.15) is 11.2 Å². The molecular weight excluding hydrogens is 272 g/mol. The fraction of sp³-hybridized carbons (Fsp3) is 0.400. The van der Waals surface area contributed by atoms with Crippen molar-refractivity contribution in [2.24, 2.45) is 5.41 Å². The Labute approximate surface area is 121 Å². The molecule has 108 valence electrons. The summed E-state index contributed by atoms with van der Waals surface area (Å²) in [7, 11) is 1.27. The normalized spacial score (nSPS) is 21.5. The first-order valence-corrected chi connectivity index (χ1v) is 6.68. The quantitative estimate of drug-likeness (QED) is 0.765. The standard InChI is InChI=1S/C15H14N2O4/c1-20-13(18)12-8-17(14(19)15(9-16)6-7-15)10-4-2-3-5-11(10)21-12/h2-5,12H,6-8H2,1H3/t12-/m1/s1. The van der Waals surface area contributed by atoms with Crippen LogP contribution in [-0.4, -0.2) is 31.6 Å². The van der Waals surface area contributed by atoms with E-state index in [1.807, 2.05) is 0 Å². The van der Waals surface area contributed by atoms with E-state index in [9.17, 15) is 14.9 Å². The third-order valence-electron chi connectivity index (χ3n) is 3.86. The number of fused-ring (bicyclic) bond motifs is 1. The van der Waals surface area contributed by atoms with E-state index in [-0.39, 0.29) is 12.5 Å². The lowest BCUT2D eigenvalue weighted by Gasteiger charge is -2.34. The van der Waals surface area contributed by atoms with Crippen LogP contribution in [0.4, 0.5) is 5.69 Å². The van der Waals surface area contributed by atoms with Crippen molar-refractivity contribution < 1.29 is 19.1 Å². The Morgan fingerprint density at radius 2 is 2.14 bits per heavy atom. The predicted molar refractivity (Wildman–Crippen MR) is 72.5 cm³/mol. The number of rotatable bonds is 2. The first-order chi connectivity index (χ1) is 10.1. The minimum Gasteiger partial charge on any atom is -0.475 e. The van der Waals surface area contributed by atoms with Crippen LogP contribution in [0.5, 0.6) is 5.75 Å². The average molecular weight is 286 g/mol. The summed E-state index contributed by atoms with van der Waals surface area (Å²) in [5, 5.41) is 9.21. The van der Waals surface area contributed by atoms with Crippen LogP contribution in [0.3, 0.4) is 0 Å². The Hall–Kier alpha value is -2.55. The number of nitrogens with zero attached hydrogens (tertiary/aromatic N) is 2. The molecule has 0 N–H and O–H groups in total. The molecule has 1 aromatic carbocycles. The minimum absolute atomic E-state index is 0.0615. The second kappa shape index (κ2) is 4.77. The molecule has 6 nitrogen and oxygen atoms in total. The van der Waals surface area contributed by atoms with Crippen molar-refractivity contribution in [1.29, 1.82) is 5.26 Å². The van der Waals surface area contributed by atoms with Crippen molar-refractivity contribution in [3.8, 4) is 11.8 Å². The molecule has 21 heavy (non-hydrogen) atoms. The van der Waals surface area contributed by atoms with Crippen LogP contribution in [-0.2, 0) is 14.3 Å². The van der Waals surface area contributed by atoms with Crippen LogP contribution >= 0.6 is 0 Å². The first kappa shape index (κ1) is 13.4. The maximum absolute atomic E-state index is 12.6. The van der Waals surface area contributed by atoms with Gasteiger partial charge in [-0.05, 0) is 25.0 Å². The van der Waals surface area contributed by atoms with Gasteiger partial charge < -0.3 is 14.4 Å². The summed E-state index contributed by atoms with van der Waals surface area (Å²) in [6.07, 6.45) is 0.249.